The molecule has 23 heavy (non-hydrogen) atoms. The lowest BCUT2D eigenvalue weighted by Gasteiger charge is -2.20. The number of nitrogens with zero attached hydrogens (tertiary/aromatic N) is 2. The first-order valence-electron chi connectivity index (χ1n) is 7.52. The van der Waals surface area contributed by atoms with Crippen LogP contribution in [0.25, 0.3) is 0 Å². The summed E-state index contributed by atoms with van der Waals surface area (Å²) in [6.07, 6.45) is 0.768. The van der Waals surface area contributed by atoms with Crippen LogP contribution in [0.1, 0.15) is 43.4 Å². The van der Waals surface area contributed by atoms with Gasteiger partial charge in [0.25, 0.3) is 0 Å². The number of amidine groups is 1. The number of hydrazone groups is 2. The summed E-state index contributed by atoms with van der Waals surface area (Å²) in [4.78, 5) is 22.6. The van der Waals surface area contributed by atoms with Crippen LogP contribution < -0.4 is 16.6 Å². The summed E-state index contributed by atoms with van der Waals surface area (Å²) in [7, 11) is 0. The Morgan fingerprint density at radius 1 is 1.52 bits per heavy atom. The third-order valence-corrected chi connectivity index (χ3v) is 3.68. The molecular formula is C16H21N5O2. The van der Waals surface area contributed by atoms with Gasteiger partial charge in [-0.15, -0.1) is 0 Å². The molecule has 1 heterocycles. The van der Waals surface area contributed by atoms with E-state index in [9.17, 15) is 9.59 Å². The lowest BCUT2D eigenvalue weighted by atomic mass is 9.92. The normalized spacial score (nSPS) is 18.2. The van der Waals surface area contributed by atoms with Crippen molar-refractivity contribution in [3.05, 3.63) is 34.9 Å². The first-order valence-corrected chi connectivity index (χ1v) is 7.52. The van der Waals surface area contributed by atoms with E-state index >= 15 is 0 Å². The minimum Gasteiger partial charge on any atom is -0.382 e. The Hall–Kier alpha value is -2.70. The standard InChI is InChI=1S/C16H21N5O2/c1-4-13(22)18-21-16(17)12-6-5-11(7-9(12)2)15-10(3)8-14(23)19-20-15/h5-7,10H,4,8H2,1-3H3,(H2,17,21)(H,18,22)(H,19,23). The van der Waals surface area contributed by atoms with Gasteiger partial charge in [0.15, 0.2) is 5.84 Å². The number of nitrogens with two attached hydrogens (primary N) is 1. The number of carbonyl (C=O) groups is 2. The summed E-state index contributed by atoms with van der Waals surface area (Å²) in [5.41, 5.74) is 14.3. The number of aryl methyl sites for hydroxylation is 1. The summed E-state index contributed by atoms with van der Waals surface area (Å²) >= 11 is 0. The number of carbonyl (C=O) groups excluding carboxylic acids is 2. The number of nitrogens with one attached hydrogen (secondary N) is 2. The number of hydrogen-bond acceptors (Lipinski definition) is 4. The Kier molecular flexibility index (Phi) is 5.10. The van der Waals surface area contributed by atoms with E-state index in [0.717, 1.165) is 22.4 Å². The molecule has 0 radical (unpaired) electrons. The number of rotatable bonds is 4. The van der Waals surface area contributed by atoms with E-state index < -0.39 is 0 Å². The SMILES string of the molecule is CCC(=O)NN=C(N)c1ccc(C2=NNC(=O)CC2C)cc1C. The highest BCUT2D eigenvalue weighted by Crippen LogP contribution is 2.19. The molecule has 0 fully saturated rings. The average Bonchev–Trinajstić information content (AvgIpc) is 2.52. The highest BCUT2D eigenvalue weighted by Gasteiger charge is 2.22. The zero-order valence-electron chi connectivity index (χ0n) is 13.5. The summed E-state index contributed by atoms with van der Waals surface area (Å²) in [6.45, 7) is 5.62. The van der Waals surface area contributed by atoms with Gasteiger partial charge in [-0.2, -0.15) is 10.2 Å². The van der Waals surface area contributed by atoms with Crippen molar-refractivity contribution in [2.75, 3.05) is 0 Å². The van der Waals surface area contributed by atoms with Gasteiger partial charge in [0, 0.05) is 24.3 Å². The smallest absolute Gasteiger partial charge is 0.240 e. The molecule has 0 bridgehead atoms. The number of amides is 2. The van der Waals surface area contributed by atoms with E-state index in [2.05, 4.69) is 21.1 Å². The van der Waals surface area contributed by atoms with Gasteiger partial charge in [0.2, 0.25) is 11.8 Å². The Morgan fingerprint density at radius 3 is 2.87 bits per heavy atom. The second kappa shape index (κ2) is 7.04. The molecule has 1 aliphatic rings. The molecule has 0 saturated carbocycles. The third kappa shape index (κ3) is 3.94. The van der Waals surface area contributed by atoms with Crippen LogP contribution in [0.15, 0.2) is 28.4 Å². The highest BCUT2D eigenvalue weighted by atomic mass is 16.2. The molecule has 1 unspecified atom stereocenters. The molecule has 122 valence electrons. The molecule has 1 atom stereocenters. The van der Waals surface area contributed by atoms with E-state index in [1.54, 1.807) is 6.92 Å². The lowest BCUT2D eigenvalue weighted by molar-refractivity contribution is -0.122. The molecule has 1 aromatic rings. The van der Waals surface area contributed by atoms with Crippen molar-refractivity contribution < 1.29 is 9.59 Å². The predicted octanol–water partition coefficient (Wildman–Crippen LogP) is 1.00. The summed E-state index contributed by atoms with van der Waals surface area (Å²) in [5.74, 6) is 0.0487. The Labute approximate surface area is 135 Å². The second-order valence-corrected chi connectivity index (χ2v) is 5.55. The maximum atomic E-state index is 11.3. The molecule has 2 amide bonds. The van der Waals surface area contributed by atoms with Crippen LogP contribution in [0.5, 0.6) is 0 Å². The van der Waals surface area contributed by atoms with E-state index in [0.29, 0.717) is 12.8 Å². The van der Waals surface area contributed by atoms with Crippen molar-refractivity contribution >= 4 is 23.4 Å². The molecule has 4 N–H and O–H groups in total. The van der Waals surface area contributed by atoms with Gasteiger partial charge in [-0.05, 0) is 24.1 Å². The van der Waals surface area contributed by atoms with Crippen LogP contribution in [0.4, 0.5) is 0 Å². The molecule has 2 rings (SSSR count). The first-order chi connectivity index (χ1) is 10.9. The minimum absolute atomic E-state index is 0.0591. The first kappa shape index (κ1) is 16.7. The highest BCUT2D eigenvalue weighted by molar-refractivity contribution is 6.07. The molecule has 0 aliphatic carbocycles. The number of benzene rings is 1. The van der Waals surface area contributed by atoms with Crippen molar-refractivity contribution in [3.8, 4) is 0 Å². The molecule has 1 aromatic carbocycles. The van der Waals surface area contributed by atoms with Crippen molar-refractivity contribution in [1.29, 1.82) is 0 Å². The molecule has 0 aromatic heterocycles. The largest absolute Gasteiger partial charge is 0.382 e. The zero-order chi connectivity index (χ0) is 17.0. The van der Waals surface area contributed by atoms with Crippen molar-refractivity contribution in [2.45, 2.75) is 33.6 Å². The van der Waals surface area contributed by atoms with Crippen LogP contribution in [0.2, 0.25) is 0 Å². The van der Waals surface area contributed by atoms with Crippen molar-refractivity contribution in [2.24, 2.45) is 21.9 Å². The summed E-state index contributed by atoms with van der Waals surface area (Å²) < 4.78 is 0. The van der Waals surface area contributed by atoms with E-state index in [1.807, 2.05) is 32.0 Å². The average molecular weight is 315 g/mol. The van der Waals surface area contributed by atoms with E-state index in [4.69, 9.17) is 5.73 Å². The second-order valence-electron chi connectivity index (χ2n) is 5.55. The molecule has 0 saturated heterocycles. The van der Waals surface area contributed by atoms with E-state index in [1.165, 1.54) is 0 Å². The van der Waals surface area contributed by atoms with Crippen molar-refractivity contribution in [3.63, 3.8) is 0 Å². The van der Waals surface area contributed by atoms with Gasteiger partial charge in [-0.25, -0.2) is 10.9 Å². The molecular weight excluding hydrogens is 294 g/mol. The topological polar surface area (TPSA) is 109 Å². The van der Waals surface area contributed by atoms with Crippen molar-refractivity contribution in [1.82, 2.24) is 10.9 Å². The molecule has 7 nitrogen and oxygen atoms in total. The van der Waals surface area contributed by atoms with Gasteiger partial charge in [0.1, 0.15) is 0 Å². The Morgan fingerprint density at radius 2 is 2.26 bits per heavy atom. The maximum absolute atomic E-state index is 11.3. The van der Waals surface area contributed by atoms with Crippen LogP contribution in [-0.2, 0) is 9.59 Å². The quantitative estimate of drug-likeness (QED) is 0.438. The van der Waals surface area contributed by atoms with Crippen LogP contribution in [0, 0.1) is 12.8 Å². The number of hydrogen-bond donors (Lipinski definition) is 3. The van der Waals surface area contributed by atoms with E-state index in [-0.39, 0.29) is 23.6 Å². The third-order valence-electron chi connectivity index (χ3n) is 3.68. The summed E-state index contributed by atoms with van der Waals surface area (Å²) in [5, 5.41) is 8.05. The van der Waals surface area contributed by atoms with Gasteiger partial charge in [-0.1, -0.05) is 26.0 Å². The zero-order valence-corrected chi connectivity index (χ0v) is 13.5. The molecule has 7 heteroatoms. The molecule has 1 aliphatic heterocycles. The van der Waals surface area contributed by atoms with Gasteiger partial charge < -0.3 is 5.73 Å². The fourth-order valence-corrected chi connectivity index (χ4v) is 2.37. The van der Waals surface area contributed by atoms with Gasteiger partial charge >= 0.3 is 0 Å². The predicted molar refractivity (Wildman–Crippen MR) is 88.8 cm³/mol. The summed E-state index contributed by atoms with van der Waals surface area (Å²) in [6, 6.07) is 5.68. The van der Waals surface area contributed by atoms with Crippen LogP contribution in [0.3, 0.4) is 0 Å². The monoisotopic (exact) mass is 315 g/mol. The molecule has 0 spiro atoms. The minimum atomic E-state index is -0.191. The Bertz CT molecular complexity index is 694. The van der Waals surface area contributed by atoms with Crippen LogP contribution in [-0.4, -0.2) is 23.4 Å². The lowest BCUT2D eigenvalue weighted by Crippen LogP contribution is -2.32. The fourth-order valence-electron chi connectivity index (χ4n) is 2.37. The van der Waals surface area contributed by atoms with Gasteiger partial charge in [0.05, 0.1) is 5.71 Å². The van der Waals surface area contributed by atoms with Gasteiger partial charge in [-0.3, -0.25) is 9.59 Å². The Balaban J connectivity index is 2.24. The van der Waals surface area contributed by atoms with Crippen LogP contribution >= 0.6 is 0 Å². The fraction of sp³-hybridized carbons (Fsp3) is 0.375. The maximum Gasteiger partial charge on any atom is 0.240 e.